The lowest BCUT2D eigenvalue weighted by atomic mass is 10.1. The standard InChI is InChI=1S/C17H14F5N3O/c18-12-2-1-3-13(19)15(12)16(26)24-11-6-7-25(9-11)14-5-4-10(8-23-14)17(20,21)22/h1-5,8,11H,6-7,9H2,(H,24,26). The Morgan fingerprint density at radius 2 is 1.85 bits per heavy atom. The maximum atomic E-state index is 13.6. The van der Waals surface area contributed by atoms with Crippen molar-refractivity contribution in [1.29, 1.82) is 0 Å². The molecule has 26 heavy (non-hydrogen) atoms. The fourth-order valence-electron chi connectivity index (χ4n) is 2.80. The summed E-state index contributed by atoms with van der Waals surface area (Å²) in [6.45, 7) is 0.725. The van der Waals surface area contributed by atoms with E-state index in [1.54, 1.807) is 4.90 Å². The van der Waals surface area contributed by atoms with E-state index in [0.717, 1.165) is 30.5 Å². The Labute approximate surface area is 145 Å². The molecule has 0 spiro atoms. The maximum absolute atomic E-state index is 13.6. The minimum Gasteiger partial charge on any atom is -0.354 e. The molecule has 1 unspecified atom stereocenters. The van der Waals surface area contributed by atoms with Crippen LogP contribution in [0.5, 0.6) is 0 Å². The molecule has 138 valence electrons. The van der Waals surface area contributed by atoms with Gasteiger partial charge in [-0.05, 0) is 30.7 Å². The van der Waals surface area contributed by atoms with E-state index in [0.29, 0.717) is 18.8 Å². The van der Waals surface area contributed by atoms with Gasteiger partial charge in [-0.25, -0.2) is 13.8 Å². The normalized spacial score (nSPS) is 17.4. The molecule has 1 aliphatic rings. The molecule has 0 radical (unpaired) electrons. The number of anilines is 1. The minimum atomic E-state index is -4.46. The van der Waals surface area contributed by atoms with Crippen LogP contribution in [0.1, 0.15) is 22.3 Å². The van der Waals surface area contributed by atoms with Gasteiger partial charge in [0, 0.05) is 25.3 Å². The van der Waals surface area contributed by atoms with Crippen molar-refractivity contribution in [3.63, 3.8) is 0 Å². The summed E-state index contributed by atoms with van der Waals surface area (Å²) in [6, 6.07) is 4.93. The van der Waals surface area contributed by atoms with Crippen LogP contribution in [0.4, 0.5) is 27.8 Å². The van der Waals surface area contributed by atoms with Crippen LogP contribution in [0.3, 0.4) is 0 Å². The number of pyridine rings is 1. The predicted molar refractivity (Wildman–Crippen MR) is 83.7 cm³/mol. The first kappa shape index (κ1) is 18.1. The fourth-order valence-corrected chi connectivity index (χ4v) is 2.80. The second kappa shape index (κ2) is 6.89. The van der Waals surface area contributed by atoms with Crippen LogP contribution in [-0.2, 0) is 6.18 Å². The molecule has 1 aliphatic heterocycles. The van der Waals surface area contributed by atoms with Crippen LogP contribution in [-0.4, -0.2) is 30.0 Å². The summed E-state index contributed by atoms with van der Waals surface area (Å²) < 4.78 is 65.0. The van der Waals surface area contributed by atoms with E-state index in [-0.39, 0.29) is 6.54 Å². The number of alkyl halides is 3. The molecule has 1 saturated heterocycles. The first-order valence-electron chi connectivity index (χ1n) is 7.79. The Hall–Kier alpha value is -2.71. The molecule has 1 atom stereocenters. The lowest BCUT2D eigenvalue weighted by Crippen LogP contribution is -2.38. The number of halogens is 5. The molecular weight excluding hydrogens is 357 g/mol. The van der Waals surface area contributed by atoms with Crippen LogP contribution in [0.2, 0.25) is 0 Å². The summed E-state index contributed by atoms with van der Waals surface area (Å²) in [4.78, 5) is 17.6. The number of nitrogens with one attached hydrogen (secondary N) is 1. The number of benzene rings is 1. The Balaban J connectivity index is 1.65. The topological polar surface area (TPSA) is 45.2 Å². The number of hydrogen-bond donors (Lipinski definition) is 1. The summed E-state index contributed by atoms with van der Waals surface area (Å²) >= 11 is 0. The van der Waals surface area contributed by atoms with Gasteiger partial charge in [0.1, 0.15) is 23.0 Å². The van der Waals surface area contributed by atoms with Gasteiger partial charge in [0.2, 0.25) is 0 Å². The molecule has 0 aliphatic carbocycles. The van der Waals surface area contributed by atoms with Crippen molar-refractivity contribution in [1.82, 2.24) is 10.3 Å². The van der Waals surface area contributed by atoms with Gasteiger partial charge in [-0.3, -0.25) is 4.79 Å². The van der Waals surface area contributed by atoms with Crippen LogP contribution in [0, 0.1) is 11.6 Å². The number of nitrogens with zero attached hydrogens (tertiary/aromatic N) is 2. The predicted octanol–water partition coefficient (Wildman–Crippen LogP) is 3.39. The maximum Gasteiger partial charge on any atom is 0.417 e. The number of carbonyl (C=O) groups excluding carboxylic acids is 1. The second-order valence-corrected chi connectivity index (χ2v) is 5.90. The summed E-state index contributed by atoms with van der Waals surface area (Å²) in [5.74, 6) is -2.44. The molecule has 1 N–H and O–H groups in total. The van der Waals surface area contributed by atoms with Crippen LogP contribution in [0.15, 0.2) is 36.5 Å². The van der Waals surface area contributed by atoms with Crippen molar-refractivity contribution >= 4 is 11.7 Å². The Bertz CT molecular complexity index is 787. The number of hydrogen-bond acceptors (Lipinski definition) is 3. The number of rotatable bonds is 3. The van der Waals surface area contributed by atoms with Gasteiger partial charge in [-0.15, -0.1) is 0 Å². The molecule has 1 aromatic heterocycles. The first-order chi connectivity index (χ1) is 12.3. The summed E-state index contributed by atoms with van der Waals surface area (Å²) in [6.07, 6.45) is -3.24. The minimum absolute atomic E-state index is 0.278. The fraction of sp³-hybridized carbons (Fsp3) is 0.294. The second-order valence-electron chi connectivity index (χ2n) is 5.90. The molecule has 2 heterocycles. The highest BCUT2D eigenvalue weighted by Crippen LogP contribution is 2.30. The van der Waals surface area contributed by atoms with Crippen LogP contribution >= 0.6 is 0 Å². The zero-order chi connectivity index (χ0) is 18.9. The third kappa shape index (κ3) is 3.76. The summed E-state index contributed by atoms with van der Waals surface area (Å²) in [5.41, 5.74) is -1.50. The van der Waals surface area contributed by atoms with Gasteiger partial charge in [0.05, 0.1) is 5.56 Å². The van der Waals surface area contributed by atoms with Gasteiger partial charge in [-0.2, -0.15) is 13.2 Å². The average molecular weight is 371 g/mol. The first-order valence-corrected chi connectivity index (χ1v) is 7.79. The van der Waals surface area contributed by atoms with E-state index in [1.807, 2.05) is 0 Å². The van der Waals surface area contributed by atoms with E-state index in [4.69, 9.17) is 0 Å². The van der Waals surface area contributed by atoms with Crippen molar-refractivity contribution in [3.8, 4) is 0 Å². The highest BCUT2D eigenvalue weighted by Gasteiger charge is 2.32. The molecule has 4 nitrogen and oxygen atoms in total. The van der Waals surface area contributed by atoms with Crippen molar-refractivity contribution in [2.75, 3.05) is 18.0 Å². The van der Waals surface area contributed by atoms with E-state index in [1.165, 1.54) is 6.07 Å². The molecule has 0 bridgehead atoms. The van der Waals surface area contributed by atoms with E-state index >= 15 is 0 Å². The Kier molecular flexibility index (Phi) is 4.80. The third-order valence-corrected chi connectivity index (χ3v) is 4.11. The van der Waals surface area contributed by atoms with Crippen molar-refractivity contribution < 1.29 is 26.7 Å². The lowest BCUT2D eigenvalue weighted by Gasteiger charge is -2.18. The van der Waals surface area contributed by atoms with E-state index < -0.39 is 40.9 Å². The van der Waals surface area contributed by atoms with Gasteiger partial charge in [0.15, 0.2) is 0 Å². The smallest absolute Gasteiger partial charge is 0.354 e. The average Bonchev–Trinajstić information content (AvgIpc) is 3.02. The molecular formula is C17H14F5N3O. The van der Waals surface area contributed by atoms with Gasteiger partial charge in [-0.1, -0.05) is 6.07 Å². The molecule has 1 aromatic carbocycles. The Morgan fingerprint density at radius 3 is 2.42 bits per heavy atom. The zero-order valence-corrected chi connectivity index (χ0v) is 13.4. The highest BCUT2D eigenvalue weighted by molar-refractivity contribution is 5.95. The summed E-state index contributed by atoms with van der Waals surface area (Å²) in [5, 5.41) is 2.54. The molecule has 1 fully saturated rings. The lowest BCUT2D eigenvalue weighted by molar-refractivity contribution is -0.137. The molecule has 1 amide bonds. The van der Waals surface area contributed by atoms with Crippen LogP contribution < -0.4 is 10.2 Å². The Morgan fingerprint density at radius 1 is 1.15 bits per heavy atom. The van der Waals surface area contributed by atoms with Gasteiger partial charge >= 0.3 is 6.18 Å². The van der Waals surface area contributed by atoms with E-state index in [9.17, 15) is 26.7 Å². The van der Waals surface area contributed by atoms with E-state index in [2.05, 4.69) is 10.3 Å². The molecule has 2 aromatic rings. The molecule has 3 rings (SSSR count). The van der Waals surface area contributed by atoms with Crippen molar-refractivity contribution in [2.45, 2.75) is 18.6 Å². The SMILES string of the molecule is O=C(NC1CCN(c2ccc(C(F)(F)F)cn2)C1)c1c(F)cccc1F. The summed E-state index contributed by atoms with van der Waals surface area (Å²) in [7, 11) is 0. The number of carbonyl (C=O) groups is 1. The largest absolute Gasteiger partial charge is 0.417 e. The monoisotopic (exact) mass is 371 g/mol. The third-order valence-electron chi connectivity index (χ3n) is 4.11. The van der Waals surface area contributed by atoms with Crippen LogP contribution in [0.25, 0.3) is 0 Å². The van der Waals surface area contributed by atoms with Crippen molar-refractivity contribution in [3.05, 3.63) is 59.3 Å². The van der Waals surface area contributed by atoms with Gasteiger partial charge < -0.3 is 10.2 Å². The molecule has 0 saturated carbocycles. The number of aromatic nitrogens is 1. The zero-order valence-electron chi connectivity index (χ0n) is 13.4. The highest BCUT2D eigenvalue weighted by atomic mass is 19.4. The van der Waals surface area contributed by atoms with Crippen molar-refractivity contribution in [2.24, 2.45) is 0 Å². The number of amides is 1. The molecule has 9 heteroatoms. The quantitative estimate of drug-likeness (QED) is 0.842. The van der Waals surface area contributed by atoms with Gasteiger partial charge in [0.25, 0.3) is 5.91 Å².